The van der Waals surface area contributed by atoms with E-state index in [4.69, 9.17) is 0 Å². The lowest BCUT2D eigenvalue weighted by molar-refractivity contribution is -0.137. The summed E-state index contributed by atoms with van der Waals surface area (Å²) in [4.78, 5) is 27.7. The minimum Gasteiger partial charge on any atom is -0.366 e. The average molecular weight is 358 g/mol. The molecule has 3 atom stereocenters. The quantitative estimate of drug-likeness (QED) is 0.769. The number of hydrogen-bond donors (Lipinski definition) is 2. The first-order chi connectivity index (χ1) is 12.6. The highest BCUT2D eigenvalue weighted by atomic mass is 19.1. The lowest BCUT2D eigenvalue weighted by Crippen LogP contribution is -2.51. The lowest BCUT2D eigenvalue weighted by atomic mass is 10.0. The Bertz CT molecular complexity index is 771. The fourth-order valence-electron chi connectivity index (χ4n) is 4.93. The Labute approximate surface area is 151 Å². The van der Waals surface area contributed by atoms with Crippen LogP contribution in [0.2, 0.25) is 0 Å². The second kappa shape index (κ2) is 6.03. The van der Waals surface area contributed by atoms with Crippen molar-refractivity contribution < 1.29 is 14.0 Å². The highest BCUT2D eigenvalue weighted by Crippen LogP contribution is 2.35. The van der Waals surface area contributed by atoms with Crippen LogP contribution in [0.5, 0.6) is 0 Å². The van der Waals surface area contributed by atoms with Gasteiger partial charge >= 0.3 is 0 Å². The number of halogens is 1. The molecule has 2 N–H and O–H groups in total. The first-order valence-electron chi connectivity index (χ1n) is 9.47. The van der Waals surface area contributed by atoms with Gasteiger partial charge < -0.3 is 10.2 Å². The highest BCUT2D eigenvalue weighted by Gasteiger charge is 2.37. The van der Waals surface area contributed by atoms with Crippen molar-refractivity contribution in [2.45, 2.75) is 56.9 Å². The van der Waals surface area contributed by atoms with Crippen LogP contribution in [0.3, 0.4) is 0 Å². The second-order valence-corrected chi connectivity index (χ2v) is 7.95. The minimum absolute atomic E-state index is 0.140. The molecule has 3 unspecified atom stereocenters. The maximum Gasteiger partial charge on any atom is 0.243 e. The summed E-state index contributed by atoms with van der Waals surface area (Å²) in [6, 6.07) is 4.47. The van der Waals surface area contributed by atoms with Crippen molar-refractivity contribution in [3.8, 4) is 0 Å². The van der Waals surface area contributed by atoms with Gasteiger partial charge in [-0.1, -0.05) is 6.07 Å². The largest absolute Gasteiger partial charge is 0.366 e. The standard InChI is InChI=1S/C19H23FN4O2/c20-18-14-10-23(16-5-6-17(25)22-19(16)26)7-11(14)1-4-15(18)24-8-12-2-3-13(9-24)21-12/h1,4,12-13,16,21H,2-3,5-10H2,(H,22,25,26). The number of anilines is 1. The molecule has 6 nitrogen and oxygen atoms in total. The monoisotopic (exact) mass is 358 g/mol. The van der Waals surface area contributed by atoms with E-state index in [1.807, 2.05) is 17.0 Å². The molecule has 0 saturated carbocycles. The topological polar surface area (TPSA) is 64.7 Å². The van der Waals surface area contributed by atoms with Gasteiger partial charge in [0.15, 0.2) is 5.82 Å². The fourth-order valence-corrected chi connectivity index (χ4v) is 4.93. The first kappa shape index (κ1) is 16.2. The Balaban J connectivity index is 1.37. The molecule has 138 valence electrons. The summed E-state index contributed by atoms with van der Waals surface area (Å²) in [5.41, 5.74) is 2.35. The zero-order chi connectivity index (χ0) is 17.8. The van der Waals surface area contributed by atoms with Crippen LogP contribution in [0.25, 0.3) is 0 Å². The zero-order valence-corrected chi connectivity index (χ0v) is 14.6. The van der Waals surface area contributed by atoms with Gasteiger partial charge in [0.25, 0.3) is 0 Å². The predicted octanol–water partition coefficient (Wildman–Crippen LogP) is 0.887. The first-order valence-corrected chi connectivity index (χ1v) is 9.47. The molecule has 2 bridgehead atoms. The van der Waals surface area contributed by atoms with E-state index in [9.17, 15) is 9.59 Å². The molecule has 0 aromatic heterocycles. The van der Waals surface area contributed by atoms with E-state index in [0.29, 0.717) is 49.3 Å². The molecule has 4 aliphatic rings. The Morgan fingerprint density at radius 3 is 2.54 bits per heavy atom. The van der Waals surface area contributed by atoms with Gasteiger partial charge in [-0.05, 0) is 30.9 Å². The number of rotatable bonds is 2. The number of piperazine rings is 1. The number of nitrogens with zero attached hydrogens (tertiary/aromatic N) is 2. The maximum atomic E-state index is 15.3. The Morgan fingerprint density at radius 2 is 1.81 bits per heavy atom. The number of hydrogen-bond acceptors (Lipinski definition) is 5. The molecule has 7 heteroatoms. The summed E-state index contributed by atoms with van der Waals surface area (Å²) >= 11 is 0. The molecule has 0 radical (unpaired) electrons. The molecule has 0 aliphatic carbocycles. The maximum absolute atomic E-state index is 15.3. The van der Waals surface area contributed by atoms with E-state index in [1.165, 1.54) is 0 Å². The molecular weight excluding hydrogens is 335 g/mol. The van der Waals surface area contributed by atoms with Crippen LogP contribution >= 0.6 is 0 Å². The number of benzene rings is 1. The number of fused-ring (bicyclic) bond motifs is 3. The third kappa shape index (κ3) is 2.61. The summed E-state index contributed by atoms with van der Waals surface area (Å²) in [6.07, 6.45) is 3.18. The highest BCUT2D eigenvalue weighted by molar-refractivity contribution is 6.00. The van der Waals surface area contributed by atoms with E-state index in [-0.39, 0.29) is 23.7 Å². The van der Waals surface area contributed by atoms with E-state index in [2.05, 4.69) is 15.5 Å². The SMILES string of the molecule is O=C1CCC(N2Cc3ccc(N4CC5CCC(C4)N5)c(F)c3C2)C(=O)N1. The van der Waals surface area contributed by atoms with Crippen LogP contribution in [0.15, 0.2) is 12.1 Å². The minimum atomic E-state index is -0.349. The van der Waals surface area contributed by atoms with Crippen molar-refractivity contribution in [1.82, 2.24) is 15.5 Å². The summed E-state index contributed by atoms with van der Waals surface area (Å²) in [5, 5.41) is 5.97. The normalized spacial score (nSPS) is 31.3. The summed E-state index contributed by atoms with van der Waals surface area (Å²) in [7, 11) is 0. The molecule has 3 fully saturated rings. The van der Waals surface area contributed by atoms with Crippen molar-refractivity contribution in [1.29, 1.82) is 0 Å². The van der Waals surface area contributed by atoms with Gasteiger partial charge in [-0.15, -0.1) is 0 Å². The molecule has 26 heavy (non-hydrogen) atoms. The number of carbonyl (C=O) groups is 2. The zero-order valence-electron chi connectivity index (χ0n) is 14.6. The predicted molar refractivity (Wildman–Crippen MR) is 94.0 cm³/mol. The number of amides is 2. The van der Waals surface area contributed by atoms with Crippen LogP contribution < -0.4 is 15.5 Å². The van der Waals surface area contributed by atoms with Crippen molar-refractivity contribution >= 4 is 17.5 Å². The van der Waals surface area contributed by atoms with Gasteiger partial charge in [0.2, 0.25) is 11.8 Å². The fraction of sp³-hybridized carbons (Fsp3) is 0.579. The van der Waals surface area contributed by atoms with Crippen molar-refractivity contribution in [3.05, 3.63) is 29.1 Å². The summed E-state index contributed by atoms with van der Waals surface area (Å²) < 4.78 is 15.3. The van der Waals surface area contributed by atoms with Crippen LogP contribution in [0.1, 0.15) is 36.8 Å². The Kier molecular flexibility index (Phi) is 3.76. The smallest absolute Gasteiger partial charge is 0.243 e. The average Bonchev–Trinajstić information content (AvgIpc) is 3.18. The van der Waals surface area contributed by atoms with Gasteiger partial charge in [-0.3, -0.25) is 19.8 Å². The van der Waals surface area contributed by atoms with Crippen LogP contribution in [-0.4, -0.2) is 47.9 Å². The molecule has 5 rings (SSSR count). The summed E-state index contributed by atoms with van der Waals surface area (Å²) in [5.74, 6) is -0.614. The van der Waals surface area contributed by atoms with Gasteiger partial charge in [-0.2, -0.15) is 0 Å². The molecular formula is C19H23FN4O2. The number of carbonyl (C=O) groups excluding carboxylic acids is 2. The Hall–Kier alpha value is -1.99. The van der Waals surface area contributed by atoms with Gasteiger partial charge in [0.05, 0.1) is 11.7 Å². The summed E-state index contributed by atoms with van der Waals surface area (Å²) in [6.45, 7) is 2.69. The van der Waals surface area contributed by atoms with Crippen LogP contribution in [0.4, 0.5) is 10.1 Å². The Morgan fingerprint density at radius 1 is 1.04 bits per heavy atom. The number of imide groups is 1. The third-order valence-corrected chi connectivity index (χ3v) is 6.26. The molecule has 0 spiro atoms. The van der Waals surface area contributed by atoms with Crippen LogP contribution in [0, 0.1) is 5.82 Å². The van der Waals surface area contributed by atoms with Crippen LogP contribution in [-0.2, 0) is 22.7 Å². The van der Waals surface area contributed by atoms with E-state index < -0.39 is 0 Å². The van der Waals surface area contributed by atoms with Crippen molar-refractivity contribution in [3.63, 3.8) is 0 Å². The molecule has 3 saturated heterocycles. The van der Waals surface area contributed by atoms with E-state index >= 15 is 4.39 Å². The third-order valence-electron chi connectivity index (χ3n) is 6.26. The van der Waals surface area contributed by atoms with E-state index in [0.717, 1.165) is 31.5 Å². The molecule has 1 aromatic carbocycles. The number of nitrogens with one attached hydrogen (secondary N) is 2. The van der Waals surface area contributed by atoms with Crippen molar-refractivity contribution in [2.75, 3.05) is 18.0 Å². The molecule has 1 aromatic rings. The molecule has 4 aliphatic heterocycles. The number of piperidine rings is 1. The second-order valence-electron chi connectivity index (χ2n) is 7.95. The molecule has 2 amide bonds. The van der Waals surface area contributed by atoms with Gasteiger partial charge in [0.1, 0.15) is 0 Å². The lowest BCUT2D eigenvalue weighted by Gasteiger charge is -2.35. The molecule has 4 heterocycles. The van der Waals surface area contributed by atoms with Gasteiger partial charge in [0, 0.05) is 50.2 Å². The van der Waals surface area contributed by atoms with Gasteiger partial charge in [-0.25, -0.2) is 4.39 Å². The van der Waals surface area contributed by atoms with E-state index in [1.54, 1.807) is 0 Å². The van der Waals surface area contributed by atoms with Crippen molar-refractivity contribution in [2.24, 2.45) is 0 Å².